The van der Waals surface area contributed by atoms with Gasteiger partial charge in [-0.05, 0) is 34.0 Å². The average molecular weight is 326 g/mol. The quantitative estimate of drug-likeness (QED) is 0.862. The minimum Gasteiger partial charge on any atom is -0.379 e. The third-order valence-electron chi connectivity index (χ3n) is 5.06. The Labute approximate surface area is 143 Å². The molecule has 0 unspecified atom stereocenters. The zero-order chi connectivity index (χ0) is 16.2. The normalized spacial score (nSPS) is 20.5. The summed E-state index contributed by atoms with van der Waals surface area (Å²) < 4.78 is 11.0. The monoisotopic (exact) mass is 326 g/mol. The number of nitrogens with zero attached hydrogens (tertiary/aromatic N) is 2. The van der Waals surface area contributed by atoms with Gasteiger partial charge in [0.05, 0.1) is 26.4 Å². The molecule has 0 aliphatic carbocycles. The van der Waals surface area contributed by atoms with Gasteiger partial charge < -0.3 is 9.47 Å². The van der Waals surface area contributed by atoms with Crippen LogP contribution in [0.5, 0.6) is 0 Å². The molecular weight excluding hydrogens is 300 g/mol. The summed E-state index contributed by atoms with van der Waals surface area (Å²) in [5, 5.41) is 2.68. The molecule has 2 aliphatic heterocycles. The van der Waals surface area contributed by atoms with Crippen LogP contribution in [0, 0.1) is 0 Å². The molecule has 24 heavy (non-hydrogen) atoms. The maximum atomic E-state index is 5.50. The predicted molar refractivity (Wildman–Crippen MR) is 96.1 cm³/mol. The number of rotatable bonds is 4. The van der Waals surface area contributed by atoms with E-state index in [1.807, 2.05) is 0 Å². The van der Waals surface area contributed by atoms with Gasteiger partial charge in [-0.15, -0.1) is 0 Å². The molecule has 0 radical (unpaired) electrons. The fraction of sp³-hybridized carbons (Fsp3) is 0.500. The molecular formula is C20H26N2O2. The second kappa shape index (κ2) is 7.62. The summed E-state index contributed by atoms with van der Waals surface area (Å²) >= 11 is 0. The maximum absolute atomic E-state index is 5.50. The molecule has 128 valence electrons. The van der Waals surface area contributed by atoms with Gasteiger partial charge in [-0.3, -0.25) is 9.80 Å². The summed E-state index contributed by atoms with van der Waals surface area (Å²) in [6.45, 7) is 9.58. The lowest BCUT2D eigenvalue weighted by Gasteiger charge is -2.30. The van der Waals surface area contributed by atoms with Crippen LogP contribution in [-0.4, -0.2) is 62.4 Å². The molecule has 0 N–H and O–H groups in total. The number of benzene rings is 2. The van der Waals surface area contributed by atoms with Crippen molar-refractivity contribution in [2.75, 3.05) is 52.6 Å². The van der Waals surface area contributed by atoms with Gasteiger partial charge in [0.1, 0.15) is 0 Å². The number of hydrogen-bond acceptors (Lipinski definition) is 4. The Hall–Kier alpha value is -1.46. The summed E-state index contributed by atoms with van der Waals surface area (Å²) in [4.78, 5) is 5.02. The highest BCUT2D eigenvalue weighted by atomic mass is 16.5. The molecule has 0 bridgehead atoms. The Kier molecular flexibility index (Phi) is 5.09. The van der Waals surface area contributed by atoms with Crippen LogP contribution in [0.25, 0.3) is 10.8 Å². The van der Waals surface area contributed by atoms with Crippen molar-refractivity contribution in [2.45, 2.75) is 13.1 Å². The molecule has 0 spiro atoms. The molecule has 4 rings (SSSR count). The SMILES string of the molecule is c1ccc2cc(CN3CCOCC3)c(CN3CCOCC3)cc2c1. The standard InChI is InChI=1S/C20H26N2O2/c1-2-4-18-14-20(16-22-7-11-24-12-8-22)19(13-17(18)3-1)15-21-5-9-23-10-6-21/h1-4,13-14H,5-12,15-16H2. The molecule has 0 aromatic heterocycles. The van der Waals surface area contributed by atoms with E-state index in [2.05, 4.69) is 46.2 Å². The van der Waals surface area contributed by atoms with E-state index in [4.69, 9.17) is 9.47 Å². The van der Waals surface area contributed by atoms with Crippen LogP contribution in [0.4, 0.5) is 0 Å². The van der Waals surface area contributed by atoms with E-state index in [1.165, 1.54) is 21.9 Å². The molecule has 2 fully saturated rings. The number of morpholine rings is 2. The van der Waals surface area contributed by atoms with E-state index in [9.17, 15) is 0 Å². The molecule has 0 saturated carbocycles. The highest BCUT2D eigenvalue weighted by Gasteiger charge is 2.16. The fourth-order valence-corrected chi connectivity index (χ4v) is 3.63. The average Bonchev–Trinajstić information content (AvgIpc) is 2.64. The lowest BCUT2D eigenvalue weighted by Crippen LogP contribution is -2.37. The first-order chi connectivity index (χ1) is 11.9. The number of ether oxygens (including phenoxy) is 2. The first-order valence-electron chi connectivity index (χ1n) is 8.99. The van der Waals surface area contributed by atoms with Crippen molar-refractivity contribution in [2.24, 2.45) is 0 Å². The van der Waals surface area contributed by atoms with Crippen molar-refractivity contribution >= 4 is 10.8 Å². The summed E-state index contributed by atoms with van der Waals surface area (Å²) in [5.41, 5.74) is 2.92. The summed E-state index contributed by atoms with van der Waals surface area (Å²) in [5.74, 6) is 0. The van der Waals surface area contributed by atoms with Crippen LogP contribution in [0.15, 0.2) is 36.4 Å². The zero-order valence-electron chi connectivity index (χ0n) is 14.2. The van der Waals surface area contributed by atoms with Crippen LogP contribution >= 0.6 is 0 Å². The number of hydrogen-bond donors (Lipinski definition) is 0. The van der Waals surface area contributed by atoms with Crippen molar-refractivity contribution in [1.29, 1.82) is 0 Å². The Morgan fingerprint density at radius 2 is 1.08 bits per heavy atom. The van der Waals surface area contributed by atoms with Crippen LogP contribution in [0.1, 0.15) is 11.1 Å². The Bertz CT molecular complexity index is 618. The Morgan fingerprint density at radius 3 is 1.50 bits per heavy atom. The second-order valence-corrected chi connectivity index (χ2v) is 6.75. The third-order valence-corrected chi connectivity index (χ3v) is 5.06. The van der Waals surface area contributed by atoms with Crippen LogP contribution in [-0.2, 0) is 22.6 Å². The molecule has 0 amide bonds. The van der Waals surface area contributed by atoms with Crippen molar-refractivity contribution in [1.82, 2.24) is 9.80 Å². The number of fused-ring (bicyclic) bond motifs is 1. The van der Waals surface area contributed by atoms with Gasteiger partial charge in [0.15, 0.2) is 0 Å². The van der Waals surface area contributed by atoms with E-state index in [0.29, 0.717) is 0 Å². The Morgan fingerprint density at radius 1 is 0.667 bits per heavy atom. The molecule has 2 heterocycles. The van der Waals surface area contributed by atoms with Crippen LogP contribution in [0.2, 0.25) is 0 Å². The predicted octanol–water partition coefficient (Wildman–Crippen LogP) is 2.50. The van der Waals surface area contributed by atoms with Gasteiger partial charge in [-0.25, -0.2) is 0 Å². The van der Waals surface area contributed by atoms with Crippen molar-refractivity contribution < 1.29 is 9.47 Å². The van der Waals surface area contributed by atoms with E-state index in [0.717, 1.165) is 65.7 Å². The lowest BCUT2D eigenvalue weighted by molar-refractivity contribution is 0.0309. The molecule has 2 saturated heterocycles. The van der Waals surface area contributed by atoms with Crippen molar-refractivity contribution in [3.63, 3.8) is 0 Å². The van der Waals surface area contributed by atoms with E-state index in [-0.39, 0.29) is 0 Å². The first kappa shape index (κ1) is 16.0. The molecule has 0 atom stereocenters. The smallest absolute Gasteiger partial charge is 0.0594 e. The van der Waals surface area contributed by atoms with Gasteiger partial charge in [0.2, 0.25) is 0 Å². The van der Waals surface area contributed by atoms with E-state index in [1.54, 1.807) is 0 Å². The maximum Gasteiger partial charge on any atom is 0.0594 e. The summed E-state index contributed by atoms with van der Waals surface area (Å²) in [6, 6.07) is 13.5. The van der Waals surface area contributed by atoms with Crippen molar-refractivity contribution in [3.05, 3.63) is 47.5 Å². The fourth-order valence-electron chi connectivity index (χ4n) is 3.63. The van der Waals surface area contributed by atoms with Gasteiger partial charge in [-0.1, -0.05) is 24.3 Å². The van der Waals surface area contributed by atoms with Gasteiger partial charge >= 0.3 is 0 Å². The first-order valence-corrected chi connectivity index (χ1v) is 8.99. The minimum absolute atomic E-state index is 0.854. The third kappa shape index (κ3) is 3.78. The highest BCUT2D eigenvalue weighted by Crippen LogP contribution is 2.23. The van der Waals surface area contributed by atoms with Gasteiger partial charge in [0.25, 0.3) is 0 Å². The summed E-state index contributed by atoms with van der Waals surface area (Å²) in [7, 11) is 0. The van der Waals surface area contributed by atoms with Crippen LogP contribution < -0.4 is 0 Å². The summed E-state index contributed by atoms with van der Waals surface area (Å²) in [6.07, 6.45) is 0. The Balaban J connectivity index is 1.61. The largest absolute Gasteiger partial charge is 0.379 e. The lowest BCUT2D eigenvalue weighted by atomic mass is 9.99. The topological polar surface area (TPSA) is 24.9 Å². The minimum atomic E-state index is 0.854. The van der Waals surface area contributed by atoms with Crippen molar-refractivity contribution in [3.8, 4) is 0 Å². The van der Waals surface area contributed by atoms with Gasteiger partial charge in [-0.2, -0.15) is 0 Å². The molecule has 2 aromatic rings. The zero-order valence-corrected chi connectivity index (χ0v) is 14.2. The van der Waals surface area contributed by atoms with E-state index < -0.39 is 0 Å². The van der Waals surface area contributed by atoms with E-state index >= 15 is 0 Å². The van der Waals surface area contributed by atoms with Crippen LogP contribution in [0.3, 0.4) is 0 Å². The molecule has 4 heteroatoms. The highest BCUT2D eigenvalue weighted by molar-refractivity contribution is 5.84. The second-order valence-electron chi connectivity index (χ2n) is 6.75. The van der Waals surface area contributed by atoms with Gasteiger partial charge in [0, 0.05) is 39.3 Å². The molecule has 2 aliphatic rings. The molecule has 4 nitrogen and oxygen atoms in total. The molecule has 2 aromatic carbocycles.